The molecule has 4 N–H and O–H groups in total. The van der Waals surface area contributed by atoms with Gasteiger partial charge in [0, 0.05) is 12.3 Å². The van der Waals surface area contributed by atoms with Crippen molar-refractivity contribution in [2.24, 2.45) is 5.92 Å². The Morgan fingerprint density at radius 3 is 2.36 bits per heavy atom. The number of ether oxygens (including phenoxy) is 1. The van der Waals surface area contributed by atoms with E-state index >= 15 is 0 Å². The molecule has 0 aliphatic heterocycles. The quantitative estimate of drug-likeness (QED) is 0.411. The van der Waals surface area contributed by atoms with Crippen LogP contribution in [-0.2, 0) is 20.9 Å². The first kappa shape index (κ1) is 25.8. The number of amides is 4. The number of carbonyl (C=O) groups excluding carboxylic acids is 4. The molecule has 4 amide bonds. The highest BCUT2D eigenvalue weighted by Gasteiger charge is 2.22. The summed E-state index contributed by atoms with van der Waals surface area (Å²) in [5, 5.41) is 7.31. The van der Waals surface area contributed by atoms with E-state index in [1.54, 1.807) is 5.38 Å². The molecule has 1 heterocycles. The van der Waals surface area contributed by atoms with Gasteiger partial charge in [0.2, 0.25) is 5.91 Å². The number of thiazole rings is 1. The average molecular weight is 476 g/mol. The van der Waals surface area contributed by atoms with Gasteiger partial charge in [-0.3, -0.25) is 25.2 Å². The predicted octanol–water partition coefficient (Wildman–Crippen LogP) is 2.44. The summed E-state index contributed by atoms with van der Waals surface area (Å²) in [4.78, 5) is 51.9. The number of benzene rings is 1. The molecular weight excluding hydrogens is 446 g/mol. The van der Waals surface area contributed by atoms with Gasteiger partial charge in [0.25, 0.3) is 11.8 Å². The molecule has 0 aliphatic carbocycles. The lowest BCUT2D eigenvalue weighted by atomic mass is 10.0. The van der Waals surface area contributed by atoms with Gasteiger partial charge in [-0.1, -0.05) is 44.2 Å². The van der Waals surface area contributed by atoms with Crippen molar-refractivity contribution in [2.75, 3.05) is 0 Å². The molecule has 2 aromatic rings. The average Bonchev–Trinajstić information content (AvgIpc) is 3.25. The fourth-order valence-corrected chi connectivity index (χ4v) is 3.68. The Bertz CT molecular complexity index is 963. The van der Waals surface area contributed by atoms with Crippen molar-refractivity contribution in [3.63, 3.8) is 0 Å². The van der Waals surface area contributed by atoms with Gasteiger partial charge in [-0.2, -0.15) is 0 Å². The SMILES string of the molecule is CC(=O)N[C@@H](C)C(=O)NNC(=O)c1csc([C@H](CC(C)C)NC(=O)OCc2ccccc2)n1. The predicted molar refractivity (Wildman–Crippen MR) is 123 cm³/mol. The molecule has 33 heavy (non-hydrogen) atoms. The maximum absolute atomic E-state index is 12.4. The van der Waals surface area contributed by atoms with Crippen molar-refractivity contribution < 1.29 is 23.9 Å². The molecule has 1 aromatic carbocycles. The van der Waals surface area contributed by atoms with Gasteiger partial charge >= 0.3 is 6.09 Å². The summed E-state index contributed by atoms with van der Waals surface area (Å²) in [7, 11) is 0. The molecule has 0 saturated carbocycles. The first-order valence-electron chi connectivity index (χ1n) is 10.5. The third-order valence-electron chi connectivity index (χ3n) is 4.38. The van der Waals surface area contributed by atoms with E-state index in [0.717, 1.165) is 5.56 Å². The van der Waals surface area contributed by atoms with Crippen molar-refractivity contribution >= 4 is 35.2 Å². The highest BCUT2D eigenvalue weighted by atomic mass is 32.1. The van der Waals surface area contributed by atoms with Crippen LogP contribution in [0, 0.1) is 5.92 Å². The van der Waals surface area contributed by atoms with Gasteiger partial charge in [0.15, 0.2) is 0 Å². The van der Waals surface area contributed by atoms with E-state index in [1.807, 2.05) is 44.2 Å². The summed E-state index contributed by atoms with van der Waals surface area (Å²) in [5.74, 6) is -1.30. The van der Waals surface area contributed by atoms with Crippen molar-refractivity contribution in [1.82, 2.24) is 26.5 Å². The number of rotatable bonds is 9. The van der Waals surface area contributed by atoms with Crippen LogP contribution in [0.4, 0.5) is 4.79 Å². The number of nitrogens with zero attached hydrogens (tertiary/aromatic N) is 1. The third-order valence-corrected chi connectivity index (χ3v) is 5.34. The summed E-state index contributed by atoms with van der Waals surface area (Å²) < 4.78 is 5.30. The van der Waals surface area contributed by atoms with Gasteiger partial charge in [-0.25, -0.2) is 9.78 Å². The largest absolute Gasteiger partial charge is 0.445 e. The number of nitrogens with one attached hydrogen (secondary N) is 4. The monoisotopic (exact) mass is 475 g/mol. The molecule has 0 unspecified atom stereocenters. The lowest BCUT2D eigenvalue weighted by Crippen LogP contribution is -2.50. The van der Waals surface area contributed by atoms with Crippen LogP contribution in [0.25, 0.3) is 0 Å². The minimum Gasteiger partial charge on any atom is -0.445 e. The Labute approximate surface area is 196 Å². The number of hydrogen-bond acceptors (Lipinski definition) is 7. The molecule has 2 atom stereocenters. The van der Waals surface area contributed by atoms with Crippen LogP contribution in [0.2, 0.25) is 0 Å². The maximum atomic E-state index is 12.4. The molecule has 11 heteroatoms. The molecule has 0 bridgehead atoms. The molecule has 178 valence electrons. The van der Waals surface area contributed by atoms with Gasteiger partial charge in [0.1, 0.15) is 23.4 Å². The highest BCUT2D eigenvalue weighted by Crippen LogP contribution is 2.25. The topological polar surface area (TPSA) is 139 Å². The summed E-state index contributed by atoms with van der Waals surface area (Å²) >= 11 is 1.22. The Morgan fingerprint density at radius 2 is 1.73 bits per heavy atom. The van der Waals surface area contributed by atoms with Gasteiger partial charge < -0.3 is 15.4 Å². The van der Waals surface area contributed by atoms with Crippen LogP contribution in [0.3, 0.4) is 0 Å². The second kappa shape index (κ2) is 12.5. The summed E-state index contributed by atoms with van der Waals surface area (Å²) in [6.45, 7) is 6.94. The fraction of sp³-hybridized carbons (Fsp3) is 0.409. The minimum atomic E-state index is -0.810. The first-order valence-corrected chi connectivity index (χ1v) is 11.3. The maximum Gasteiger partial charge on any atom is 0.408 e. The molecule has 10 nitrogen and oxygen atoms in total. The van der Waals surface area contributed by atoms with E-state index in [2.05, 4.69) is 26.5 Å². The van der Waals surface area contributed by atoms with Gasteiger partial charge in [-0.05, 0) is 24.8 Å². The number of hydrazine groups is 1. The van der Waals surface area contributed by atoms with Crippen molar-refractivity contribution in [3.05, 3.63) is 52.0 Å². The van der Waals surface area contributed by atoms with Crippen LogP contribution >= 0.6 is 11.3 Å². The Balaban J connectivity index is 1.95. The number of aromatic nitrogens is 1. The third kappa shape index (κ3) is 8.89. The van der Waals surface area contributed by atoms with Crippen molar-refractivity contribution in [1.29, 1.82) is 0 Å². The molecule has 0 saturated heterocycles. The number of carbonyl (C=O) groups is 4. The normalized spacial score (nSPS) is 12.4. The van der Waals surface area contributed by atoms with E-state index in [9.17, 15) is 19.2 Å². The lowest BCUT2D eigenvalue weighted by molar-refractivity contribution is -0.128. The van der Waals surface area contributed by atoms with E-state index in [0.29, 0.717) is 11.4 Å². The molecule has 2 rings (SSSR count). The Kier molecular flexibility index (Phi) is 9.80. The van der Waals surface area contributed by atoms with Crippen LogP contribution < -0.4 is 21.5 Å². The minimum absolute atomic E-state index is 0.0932. The molecule has 0 spiro atoms. The van der Waals surface area contributed by atoms with Crippen molar-refractivity contribution in [3.8, 4) is 0 Å². The van der Waals surface area contributed by atoms with Crippen LogP contribution in [0.5, 0.6) is 0 Å². The second-order valence-electron chi connectivity index (χ2n) is 7.82. The van der Waals surface area contributed by atoms with E-state index < -0.39 is 30.0 Å². The number of alkyl carbamates (subject to hydrolysis) is 1. The standard InChI is InChI=1S/C22H29N5O5S/c1-13(2)10-17(25-22(31)32-11-16-8-6-5-7-9-16)21-24-18(12-33-21)20(30)27-26-19(29)14(3)23-15(4)28/h5-9,12-14,17H,10-11H2,1-4H3,(H,23,28)(H,25,31)(H,26,29)(H,27,30)/t14-,17-/m0/s1. The smallest absolute Gasteiger partial charge is 0.408 e. The van der Waals surface area contributed by atoms with Gasteiger partial charge in [0.05, 0.1) is 6.04 Å². The zero-order chi connectivity index (χ0) is 24.4. The van der Waals surface area contributed by atoms with E-state index in [4.69, 9.17) is 4.74 Å². The van der Waals surface area contributed by atoms with E-state index in [-0.39, 0.29) is 24.1 Å². The molecular formula is C22H29N5O5S. The zero-order valence-corrected chi connectivity index (χ0v) is 19.8. The van der Waals surface area contributed by atoms with Crippen LogP contribution in [0.15, 0.2) is 35.7 Å². The Hall–Kier alpha value is -3.47. The first-order chi connectivity index (χ1) is 15.7. The van der Waals surface area contributed by atoms with Crippen LogP contribution in [0.1, 0.15) is 61.2 Å². The van der Waals surface area contributed by atoms with Crippen molar-refractivity contribution in [2.45, 2.75) is 52.8 Å². The Morgan fingerprint density at radius 1 is 1.03 bits per heavy atom. The number of hydrogen-bond donors (Lipinski definition) is 4. The highest BCUT2D eigenvalue weighted by molar-refractivity contribution is 7.09. The fourth-order valence-electron chi connectivity index (χ4n) is 2.81. The van der Waals surface area contributed by atoms with Gasteiger partial charge in [-0.15, -0.1) is 11.3 Å². The lowest BCUT2D eigenvalue weighted by Gasteiger charge is -2.18. The van der Waals surface area contributed by atoms with E-state index in [1.165, 1.54) is 25.2 Å². The molecule has 0 fully saturated rings. The summed E-state index contributed by atoms with van der Waals surface area (Å²) in [6, 6.07) is 8.09. The second-order valence-corrected chi connectivity index (χ2v) is 8.71. The molecule has 0 aliphatic rings. The molecule has 0 radical (unpaired) electrons. The summed E-state index contributed by atoms with van der Waals surface area (Å²) in [6.07, 6.45) is 0.0184. The molecule has 1 aromatic heterocycles. The summed E-state index contributed by atoms with van der Waals surface area (Å²) in [5.41, 5.74) is 5.48. The van der Waals surface area contributed by atoms with Crippen LogP contribution in [-0.4, -0.2) is 34.8 Å². The zero-order valence-electron chi connectivity index (χ0n) is 19.0.